The number of nitrogens with zero attached hydrogens (tertiary/aromatic N) is 4. The van der Waals surface area contributed by atoms with E-state index in [1.807, 2.05) is 23.2 Å². The summed E-state index contributed by atoms with van der Waals surface area (Å²) < 4.78 is 5.36. The highest BCUT2D eigenvalue weighted by atomic mass is 16.5. The maximum Gasteiger partial charge on any atom is 0.317 e. The van der Waals surface area contributed by atoms with Gasteiger partial charge in [0.25, 0.3) is 0 Å². The highest BCUT2D eigenvalue weighted by Crippen LogP contribution is 2.13. The van der Waals surface area contributed by atoms with Crippen molar-refractivity contribution in [2.75, 3.05) is 57.4 Å². The van der Waals surface area contributed by atoms with Crippen LogP contribution in [0.15, 0.2) is 18.3 Å². The van der Waals surface area contributed by atoms with Gasteiger partial charge in [-0.05, 0) is 25.5 Å². The predicted octanol–water partition coefficient (Wildman–Crippen LogP) is 1.15. The van der Waals surface area contributed by atoms with Gasteiger partial charge >= 0.3 is 6.03 Å². The van der Waals surface area contributed by atoms with E-state index in [4.69, 9.17) is 4.74 Å². The summed E-state index contributed by atoms with van der Waals surface area (Å²) in [5.41, 5.74) is 1.02. The minimum Gasteiger partial charge on any atom is -0.378 e. The molecule has 2 aliphatic heterocycles. The Kier molecular flexibility index (Phi) is 6.09. The molecule has 0 aromatic carbocycles. The van der Waals surface area contributed by atoms with Crippen molar-refractivity contribution in [3.63, 3.8) is 0 Å². The standard InChI is InChI=1S/C18H29N5O2/c1-15(2)21-5-7-23(8-6-21)18(24)20-14-16-3-4-17(19-13-16)22-9-11-25-12-10-22/h3-4,13,15H,5-12,14H2,1-2H3,(H,20,24). The molecule has 0 radical (unpaired) electrons. The van der Waals surface area contributed by atoms with Crippen LogP contribution in [0.1, 0.15) is 19.4 Å². The largest absolute Gasteiger partial charge is 0.378 e. The summed E-state index contributed by atoms with van der Waals surface area (Å²) in [6.07, 6.45) is 1.85. The zero-order valence-electron chi connectivity index (χ0n) is 15.3. The molecule has 0 aliphatic carbocycles. The number of nitrogens with one attached hydrogen (secondary N) is 1. The van der Waals surface area contributed by atoms with Crippen molar-refractivity contribution in [3.05, 3.63) is 23.9 Å². The first-order chi connectivity index (χ1) is 12.1. The van der Waals surface area contributed by atoms with Crippen molar-refractivity contribution in [1.82, 2.24) is 20.1 Å². The van der Waals surface area contributed by atoms with Crippen LogP contribution in [-0.4, -0.2) is 79.3 Å². The van der Waals surface area contributed by atoms with Gasteiger partial charge in [0, 0.05) is 58.1 Å². The Hall–Kier alpha value is -1.86. The summed E-state index contributed by atoms with van der Waals surface area (Å²) in [6.45, 7) is 11.6. The molecule has 3 heterocycles. The molecule has 0 saturated carbocycles. The number of rotatable bonds is 4. The molecule has 0 atom stereocenters. The maximum absolute atomic E-state index is 12.3. The predicted molar refractivity (Wildman–Crippen MR) is 97.8 cm³/mol. The van der Waals surface area contributed by atoms with Crippen LogP contribution in [0.5, 0.6) is 0 Å². The van der Waals surface area contributed by atoms with Crippen LogP contribution < -0.4 is 10.2 Å². The normalized spacial score (nSPS) is 19.3. The van der Waals surface area contributed by atoms with Crippen LogP contribution in [-0.2, 0) is 11.3 Å². The number of urea groups is 1. The molecule has 2 saturated heterocycles. The summed E-state index contributed by atoms with van der Waals surface area (Å²) in [4.78, 5) is 23.4. The van der Waals surface area contributed by atoms with Gasteiger partial charge in [-0.1, -0.05) is 6.07 Å². The number of pyridine rings is 1. The highest BCUT2D eigenvalue weighted by molar-refractivity contribution is 5.74. The van der Waals surface area contributed by atoms with E-state index in [1.165, 1.54) is 0 Å². The second kappa shape index (κ2) is 8.49. The van der Waals surface area contributed by atoms with E-state index in [-0.39, 0.29) is 6.03 Å². The Labute approximate surface area is 149 Å². The van der Waals surface area contributed by atoms with E-state index in [0.717, 1.165) is 63.9 Å². The fraction of sp³-hybridized carbons (Fsp3) is 0.667. The number of hydrogen-bond acceptors (Lipinski definition) is 5. The summed E-state index contributed by atoms with van der Waals surface area (Å²) in [6, 6.07) is 4.62. The van der Waals surface area contributed by atoms with Crippen LogP contribution in [0.2, 0.25) is 0 Å². The van der Waals surface area contributed by atoms with E-state index in [2.05, 4.69) is 33.9 Å². The Balaban J connectivity index is 1.44. The van der Waals surface area contributed by atoms with Crippen LogP contribution in [0.4, 0.5) is 10.6 Å². The second-order valence-electron chi connectivity index (χ2n) is 6.90. The van der Waals surface area contributed by atoms with Crippen LogP contribution >= 0.6 is 0 Å². The minimum absolute atomic E-state index is 0.0145. The number of anilines is 1. The molecule has 7 nitrogen and oxygen atoms in total. The topological polar surface area (TPSA) is 60.9 Å². The SMILES string of the molecule is CC(C)N1CCN(C(=O)NCc2ccc(N3CCOCC3)nc2)CC1. The smallest absolute Gasteiger partial charge is 0.317 e. The van der Waals surface area contributed by atoms with Crippen molar-refractivity contribution >= 4 is 11.8 Å². The lowest BCUT2D eigenvalue weighted by Crippen LogP contribution is -2.53. The van der Waals surface area contributed by atoms with Crippen molar-refractivity contribution in [1.29, 1.82) is 0 Å². The van der Waals surface area contributed by atoms with Gasteiger partial charge in [-0.3, -0.25) is 4.90 Å². The van der Waals surface area contributed by atoms with Crippen molar-refractivity contribution in [2.45, 2.75) is 26.4 Å². The molecular weight excluding hydrogens is 318 g/mol. The third-order valence-electron chi connectivity index (χ3n) is 4.92. The average Bonchev–Trinajstić information content (AvgIpc) is 2.67. The zero-order chi connectivity index (χ0) is 17.6. The van der Waals surface area contributed by atoms with Gasteiger partial charge in [0.2, 0.25) is 0 Å². The number of carbonyl (C=O) groups excluding carboxylic acids is 1. The van der Waals surface area contributed by atoms with Gasteiger partial charge in [0.05, 0.1) is 13.2 Å². The lowest BCUT2D eigenvalue weighted by Gasteiger charge is -2.36. The Morgan fingerprint density at radius 1 is 1.16 bits per heavy atom. The minimum atomic E-state index is 0.0145. The Morgan fingerprint density at radius 2 is 1.88 bits per heavy atom. The van der Waals surface area contributed by atoms with Gasteiger partial charge in [-0.15, -0.1) is 0 Å². The highest BCUT2D eigenvalue weighted by Gasteiger charge is 2.22. The van der Waals surface area contributed by atoms with Gasteiger partial charge in [-0.2, -0.15) is 0 Å². The molecule has 2 amide bonds. The maximum atomic E-state index is 12.3. The van der Waals surface area contributed by atoms with Crippen molar-refractivity contribution < 1.29 is 9.53 Å². The van der Waals surface area contributed by atoms with Crippen LogP contribution in [0.3, 0.4) is 0 Å². The van der Waals surface area contributed by atoms with Crippen LogP contribution in [0, 0.1) is 0 Å². The molecule has 1 N–H and O–H groups in total. The molecule has 3 rings (SSSR count). The van der Waals surface area contributed by atoms with E-state index < -0.39 is 0 Å². The molecule has 1 aromatic rings. The third-order valence-corrected chi connectivity index (χ3v) is 4.92. The molecule has 0 spiro atoms. The number of carbonyl (C=O) groups is 1. The molecule has 138 valence electrons. The quantitative estimate of drug-likeness (QED) is 0.885. The fourth-order valence-electron chi connectivity index (χ4n) is 3.23. The van der Waals surface area contributed by atoms with Gasteiger partial charge in [0.1, 0.15) is 5.82 Å². The summed E-state index contributed by atoms with van der Waals surface area (Å²) in [7, 11) is 0. The second-order valence-corrected chi connectivity index (χ2v) is 6.90. The number of morpholine rings is 1. The molecule has 2 fully saturated rings. The van der Waals surface area contributed by atoms with Crippen LogP contribution in [0.25, 0.3) is 0 Å². The first-order valence-corrected chi connectivity index (χ1v) is 9.18. The Bertz CT molecular complexity index is 549. The van der Waals surface area contributed by atoms with E-state index >= 15 is 0 Å². The monoisotopic (exact) mass is 347 g/mol. The van der Waals surface area contributed by atoms with Gasteiger partial charge < -0.3 is 19.9 Å². The number of piperazine rings is 1. The summed E-state index contributed by atoms with van der Waals surface area (Å²) in [5.74, 6) is 0.975. The lowest BCUT2D eigenvalue weighted by atomic mass is 10.2. The summed E-state index contributed by atoms with van der Waals surface area (Å²) >= 11 is 0. The number of amides is 2. The molecule has 2 aliphatic rings. The third kappa shape index (κ3) is 4.83. The number of ether oxygens (including phenoxy) is 1. The molecule has 1 aromatic heterocycles. The average molecular weight is 347 g/mol. The van der Waals surface area contributed by atoms with Crippen molar-refractivity contribution in [2.24, 2.45) is 0 Å². The van der Waals surface area contributed by atoms with Gasteiger partial charge in [0.15, 0.2) is 0 Å². The van der Waals surface area contributed by atoms with Crippen molar-refractivity contribution in [3.8, 4) is 0 Å². The number of aromatic nitrogens is 1. The molecule has 0 bridgehead atoms. The van der Waals surface area contributed by atoms with E-state index in [0.29, 0.717) is 12.6 Å². The first kappa shape index (κ1) is 17.9. The van der Waals surface area contributed by atoms with Gasteiger partial charge in [-0.25, -0.2) is 9.78 Å². The van der Waals surface area contributed by atoms with E-state index in [9.17, 15) is 4.79 Å². The molecular formula is C18H29N5O2. The molecule has 7 heteroatoms. The molecule has 0 unspecified atom stereocenters. The summed E-state index contributed by atoms with van der Waals surface area (Å²) in [5, 5.41) is 3.01. The lowest BCUT2D eigenvalue weighted by molar-refractivity contribution is 0.119. The van der Waals surface area contributed by atoms with E-state index in [1.54, 1.807) is 0 Å². The fourth-order valence-corrected chi connectivity index (χ4v) is 3.23. The zero-order valence-corrected chi connectivity index (χ0v) is 15.3. The first-order valence-electron chi connectivity index (χ1n) is 9.18. The Morgan fingerprint density at radius 3 is 2.48 bits per heavy atom. The number of hydrogen-bond donors (Lipinski definition) is 1. The molecule has 25 heavy (non-hydrogen) atoms.